The molecule has 0 saturated carbocycles. The molecule has 0 atom stereocenters. The van der Waals surface area contributed by atoms with Crippen LogP contribution in [0.15, 0.2) is 0 Å². The van der Waals surface area contributed by atoms with Crippen molar-refractivity contribution in [3.05, 3.63) is 0 Å². The standard InChI is InChI=1S/C19H32N4O4S2/c1-3-26-17(24)20-9-5-15(6-10-20)22-13-23(19(28)29-14-22)16-7-11-21(12-8-16)18(25)27-4-2/h15-16H,3-14H2,1-2H3. The van der Waals surface area contributed by atoms with Crippen LogP contribution in [0.5, 0.6) is 0 Å². The van der Waals surface area contributed by atoms with Crippen LogP contribution in [0.3, 0.4) is 0 Å². The number of thioether (sulfide) groups is 1. The van der Waals surface area contributed by atoms with Crippen LogP contribution in [-0.2, 0) is 9.47 Å². The molecule has 3 rings (SSSR count). The SMILES string of the molecule is CCOC(=O)N1CCC(N2CSC(=S)N(C3CCN(C(=O)OCC)CC3)C2)CC1. The Morgan fingerprint density at radius 3 is 1.90 bits per heavy atom. The highest BCUT2D eigenvalue weighted by Crippen LogP contribution is 2.29. The second-order valence-corrected chi connectivity index (χ2v) is 9.15. The van der Waals surface area contributed by atoms with E-state index in [0.717, 1.165) is 55.6 Å². The summed E-state index contributed by atoms with van der Waals surface area (Å²) < 4.78 is 11.2. The van der Waals surface area contributed by atoms with Crippen LogP contribution in [0.4, 0.5) is 9.59 Å². The summed E-state index contributed by atoms with van der Waals surface area (Å²) in [7, 11) is 0. The van der Waals surface area contributed by atoms with Crippen LogP contribution in [0.2, 0.25) is 0 Å². The second kappa shape index (κ2) is 10.7. The average molecular weight is 445 g/mol. The van der Waals surface area contributed by atoms with Crippen molar-refractivity contribution in [3.8, 4) is 0 Å². The van der Waals surface area contributed by atoms with Gasteiger partial charge in [-0.25, -0.2) is 9.59 Å². The fraction of sp³-hybridized carbons (Fsp3) is 0.842. The molecule has 0 bridgehead atoms. The number of carbonyl (C=O) groups excluding carboxylic acids is 2. The van der Waals surface area contributed by atoms with Crippen LogP contribution in [0.25, 0.3) is 0 Å². The van der Waals surface area contributed by atoms with E-state index < -0.39 is 0 Å². The van der Waals surface area contributed by atoms with Crippen LogP contribution >= 0.6 is 24.0 Å². The lowest BCUT2D eigenvalue weighted by atomic mass is 10.0. The molecule has 3 heterocycles. The number of rotatable bonds is 4. The predicted molar refractivity (Wildman–Crippen MR) is 117 cm³/mol. The van der Waals surface area contributed by atoms with Crippen molar-refractivity contribution >= 4 is 40.5 Å². The van der Waals surface area contributed by atoms with E-state index in [0.29, 0.717) is 38.4 Å². The van der Waals surface area contributed by atoms with E-state index in [1.54, 1.807) is 16.7 Å². The molecule has 0 spiro atoms. The first-order chi connectivity index (χ1) is 14.0. The number of hydrogen-bond donors (Lipinski definition) is 0. The largest absolute Gasteiger partial charge is 0.450 e. The summed E-state index contributed by atoms with van der Waals surface area (Å²) in [4.78, 5) is 32.3. The number of hydrogen-bond acceptors (Lipinski definition) is 7. The molecule has 10 heteroatoms. The van der Waals surface area contributed by atoms with Crippen molar-refractivity contribution in [2.75, 3.05) is 51.9 Å². The Kier molecular flexibility index (Phi) is 8.25. The molecule has 3 saturated heterocycles. The van der Waals surface area contributed by atoms with E-state index in [1.807, 2.05) is 18.7 Å². The molecule has 3 aliphatic heterocycles. The quantitative estimate of drug-likeness (QED) is 0.614. The molecule has 0 N–H and O–H groups in total. The maximum Gasteiger partial charge on any atom is 0.409 e. The molecule has 3 fully saturated rings. The minimum absolute atomic E-state index is 0.199. The summed E-state index contributed by atoms with van der Waals surface area (Å²) >= 11 is 7.38. The van der Waals surface area contributed by atoms with Gasteiger partial charge in [-0.2, -0.15) is 0 Å². The summed E-state index contributed by atoms with van der Waals surface area (Å²) in [5.41, 5.74) is 0. The highest BCUT2D eigenvalue weighted by molar-refractivity contribution is 8.22. The highest BCUT2D eigenvalue weighted by atomic mass is 32.2. The minimum atomic E-state index is -0.212. The fourth-order valence-electron chi connectivity index (χ4n) is 4.20. The topological polar surface area (TPSA) is 65.6 Å². The number of amides is 2. The molecular weight excluding hydrogens is 412 g/mol. The van der Waals surface area contributed by atoms with Crippen molar-refractivity contribution < 1.29 is 19.1 Å². The van der Waals surface area contributed by atoms with Gasteiger partial charge in [0.1, 0.15) is 4.32 Å². The van der Waals surface area contributed by atoms with Gasteiger partial charge in [0.2, 0.25) is 0 Å². The number of likely N-dealkylation sites (tertiary alicyclic amines) is 2. The van der Waals surface area contributed by atoms with Gasteiger partial charge in [-0.15, -0.1) is 0 Å². The molecule has 0 aromatic carbocycles. The molecule has 29 heavy (non-hydrogen) atoms. The maximum atomic E-state index is 11.9. The molecular formula is C19H32N4O4S2. The maximum absolute atomic E-state index is 11.9. The Morgan fingerprint density at radius 1 is 0.931 bits per heavy atom. The molecule has 0 aromatic heterocycles. The lowest BCUT2D eigenvalue weighted by Gasteiger charge is -2.47. The summed E-state index contributed by atoms with van der Waals surface area (Å²) in [6.45, 7) is 8.25. The number of piperidine rings is 2. The third-order valence-corrected chi connectivity index (χ3v) is 7.39. The van der Waals surface area contributed by atoms with Crippen molar-refractivity contribution in [1.29, 1.82) is 0 Å². The Morgan fingerprint density at radius 2 is 1.41 bits per heavy atom. The first-order valence-electron chi connectivity index (χ1n) is 10.5. The first-order valence-corrected chi connectivity index (χ1v) is 11.9. The van der Waals surface area contributed by atoms with Gasteiger partial charge in [-0.3, -0.25) is 4.90 Å². The molecule has 0 unspecified atom stereocenters. The number of nitrogens with zero attached hydrogens (tertiary/aromatic N) is 4. The summed E-state index contributed by atoms with van der Waals surface area (Å²) in [5, 5.41) is 0. The Balaban J connectivity index is 1.49. The average Bonchev–Trinajstić information content (AvgIpc) is 2.75. The summed E-state index contributed by atoms with van der Waals surface area (Å²) in [5.74, 6) is 0.904. The smallest absolute Gasteiger partial charge is 0.409 e. The van der Waals surface area contributed by atoms with Crippen molar-refractivity contribution in [2.45, 2.75) is 51.6 Å². The summed E-state index contributed by atoms with van der Waals surface area (Å²) in [6, 6.07) is 0.821. The zero-order valence-corrected chi connectivity index (χ0v) is 19.0. The van der Waals surface area contributed by atoms with E-state index in [2.05, 4.69) is 9.80 Å². The molecule has 2 amide bonds. The predicted octanol–water partition coefficient (Wildman–Crippen LogP) is 2.78. The Bertz CT molecular complexity index is 593. The van der Waals surface area contributed by atoms with E-state index in [-0.39, 0.29) is 12.2 Å². The van der Waals surface area contributed by atoms with Gasteiger partial charge in [-0.1, -0.05) is 24.0 Å². The fourth-order valence-corrected chi connectivity index (χ4v) is 5.51. The third kappa shape index (κ3) is 5.67. The van der Waals surface area contributed by atoms with Gasteiger partial charge in [-0.05, 0) is 39.5 Å². The van der Waals surface area contributed by atoms with Crippen molar-refractivity contribution in [2.24, 2.45) is 0 Å². The number of ether oxygens (including phenoxy) is 2. The minimum Gasteiger partial charge on any atom is -0.450 e. The Hall–Kier alpha value is -1.26. The van der Waals surface area contributed by atoms with Gasteiger partial charge >= 0.3 is 12.2 Å². The van der Waals surface area contributed by atoms with E-state index >= 15 is 0 Å². The monoisotopic (exact) mass is 444 g/mol. The summed E-state index contributed by atoms with van der Waals surface area (Å²) in [6.07, 6.45) is 3.33. The van der Waals surface area contributed by atoms with Crippen LogP contribution in [-0.4, -0.2) is 100 Å². The van der Waals surface area contributed by atoms with Crippen molar-refractivity contribution in [3.63, 3.8) is 0 Å². The molecule has 164 valence electrons. The highest BCUT2D eigenvalue weighted by Gasteiger charge is 2.35. The zero-order valence-electron chi connectivity index (χ0n) is 17.4. The molecule has 3 aliphatic rings. The van der Waals surface area contributed by atoms with Crippen LogP contribution in [0.1, 0.15) is 39.5 Å². The normalized spacial score (nSPS) is 22.7. The molecule has 0 radical (unpaired) electrons. The molecule has 0 aromatic rings. The van der Waals surface area contributed by atoms with Crippen molar-refractivity contribution in [1.82, 2.24) is 19.6 Å². The van der Waals surface area contributed by atoms with Gasteiger partial charge < -0.3 is 24.2 Å². The first kappa shape index (κ1) is 22.4. The van der Waals surface area contributed by atoms with Crippen LogP contribution in [0, 0.1) is 0 Å². The van der Waals surface area contributed by atoms with E-state index in [1.165, 1.54) is 0 Å². The number of carbonyl (C=O) groups is 2. The van der Waals surface area contributed by atoms with Gasteiger partial charge in [0.15, 0.2) is 0 Å². The van der Waals surface area contributed by atoms with Crippen LogP contribution < -0.4 is 0 Å². The van der Waals surface area contributed by atoms with Gasteiger partial charge in [0.05, 0.1) is 25.8 Å². The second-order valence-electron chi connectivity index (χ2n) is 7.57. The van der Waals surface area contributed by atoms with Gasteiger partial charge in [0, 0.05) is 38.3 Å². The third-order valence-electron chi connectivity index (χ3n) is 5.86. The number of thiocarbonyl (C=S) groups is 1. The molecule has 0 aliphatic carbocycles. The van der Waals surface area contributed by atoms with Gasteiger partial charge in [0.25, 0.3) is 0 Å². The lowest BCUT2D eigenvalue weighted by molar-refractivity contribution is 0.0520. The lowest BCUT2D eigenvalue weighted by Crippen LogP contribution is -2.57. The Labute approximate surface area is 182 Å². The van der Waals surface area contributed by atoms with E-state index in [4.69, 9.17) is 21.7 Å². The van der Waals surface area contributed by atoms with E-state index in [9.17, 15) is 9.59 Å². The zero-order chi connectivity index (χ0) is 20.8. The molecule has 8 nitrogen and oxygen atoms in total.